The summed E-state index contributed by atoms with van der Waals surface area (Å²) < 4.78 is 1.52. The maximum Gasteiger partial charge on any atom is 0.293 e. The molecule has 0 fully saturated rings. The Labute approximate surface area is 147 Å². The molecule has 0 spiro atoms. The van der Waals surface area contributed by atoms with Crippen LogP contribution in [0.1, 0.15) is 22.3 Å². The number of benzene rings is 2. The summed E-state index contributed by atoms with van der Waals surface area (Å²) in [6, 6.07) is 19.8. The van der Waals surface area contributed by atoms with E-state index in [1.807, 2.05) is 30.3 Å². The molecule has 0 aliphatic carbocycles. The van der Waals surface area contributed by atoms with Crippen LogP contribution in [0.15, 0.2) is 71.7 Å². The Morgan fingerprint density at radius 3 is 2.36 bits per heavy atom. The smallest absolute Gasteiger partial charge is 0.293 e. The normalized spacial score (nSPS) is 10.8. The van der Waals surface area contributed by atoms with E-state index in [2.05, 4.69) is 36.5 Å². The number of hydrogen-bond donors (Lipinski definition) is 2. The van der Waals surface area contributed by atoms with Crippen molar-refractivity contribution in [3.63, 3.8) is 0 Å². The highest BCUT2D eigenvalue weighted by molar-refractivity contribution is 5.30. The minimum atomic E-state index is -0.363. The Balaban J connectivity index is 1.65. The fourth-order valence-electron chi connectivity index (χ4n) is 2.69. The summed E-state index contributed by atoms with van der Waals surface area (Å²) in [4.78, 5) is 12.3. The van der Waals surface area contributed by atoms with E-state index < -0.39 is 0 Å². The Morgan fingerprint density at radius 2 is 1.64 bits per heavy atom. The van der Waals surface area contributed by atoms with Gasteiger partial charge in [0.15, 0.2) is 5.75 Å². The first kappa shape index (κ1) is 17.0. The molecule has 128 valence electrons. The van der Waals surface area contributed by atoms with E-state index in [1.165, 1.54) is 15.7 Å². The molecule has 0 radical (unpaired) electrons. The first-order valence-corrected chi connectivity index (χ1v) is 8.35. The van der Waals surface area contributed by atoms with Crippen molar-refractivity contribution in [1.29, 1.82) is 0 Å². The highest BCUT2D eigenvalue weighted by Gasteiger charge is 2.09. The van der Waals surface area contributed by atoms with Crippen LogP contribution in [0, 0.1) is 6.92 Å². The Bertz CT molecular complexity index is 884. The van der Waals surface area contributed by atoms with Gasteiger partial charge in [0, 0.05) is 24.8 Å². The molecule has 1 aromatic heterocycles. The number of aromatic nitrogens is 1. The number of aromatic hydroxyl groups is 1. The molecule has 0 unspecified atom stereocenters. The van der Waals surface area contributed by atoms with Gasteiger partial charge in [0.05, 0.1) is 6.54 Å². The van der Waals surface area contributed by atoms with Gasteiger partial charge in [0.25, 0.3) is 5.56 Å². The third-order valence-corrected chi connectivity index (χ3v) is 4.18. The van der Waals surface area contributed by atoms with Crippen molar-refractivity contribution >= 4 is 0 Å². The van der Waals surface area contributed by atoms with Gasteiger partial charge in [-0.25, -0.2) is 0 Å². The number of nitrogens with zero attached hydrogens (tertiary/aromatic N) is 1. The molecule has 0 saturated carbocycles. The Morgan fingerprint density at radius 1 is 0.920 bits per heavy atom. The van der Waals surface area contributed by atoms with E-state index in [0.717, 1.165) is 5.56 Å². The highest BCUT2D eigenvalue weighted by Crippen LogP contribution is 2.12. The van der Waals surface area contributed by atoms with Crippen LogP contribution in [0.25, 0.3) is 0 Å². The lowest BCUT2D eigenvalue weighted by Gasteiger charge is -2.11. The van der Waals surface area contributed by atoms with Crippen molar-refractivity contribution < 1.29 is 5.11 Å². The molecule has 0 bridgehead atoms. The fourth-order valence-corrected chi connectivity index (χ4v) is 2.69. The number of hydrogen-bond acceptors (Lipinski definition) is 3. The van der Waals surface area contributed by atoms with Crippen LogP contribution in [0.3, 0.4) is 0 Å². The van der Waals surface area contributed by atoms with Gasteiger partial charge < -0.3 is 15.0 Å². The topological polar surface area (TPSA) is 54.3 Å². The molecule has 4 heteroatoms. The molecule has 2 aromatic carbocycles. The number of pyridine rings is 1. The van der Waals surface area contributed by atoms with Crippen molar-refractivity contribution in [2.24, 2.45) is 0 Å². The zero-order valence-corrected chi connectivity index (χ0v) is 14.3. The number of nitrogens with one attached hydrogen (secondary N) is 1. The first-order valence-electron chi connectivity index (χ1n) is 8.35. The zero-order chi connectivity index (χ0) is 17.6. The van der Waals surface area contributed by atoms with Gasteiger partial charge in [-0.1, -0.05) is 60.2 Å². The van der Waals surface area contributed by atoms with E-state index in [9.17, 15) is 9.90 Å². The van der Waals surface area contributed by atoms with Crippen LogP contribution < -0.4 is 10.9 Å². The Kier molecular flexibility index (Phi) is 5.31. The average Bonchev–Trinajstić information content (AvgIpc) is 2.63. The van der Waals surface area contributed by atoms with Crippen molar-refractivity contribution in [3.8, 4) is 5.75 Å². The van der Waals surface area contributed by atoms with E-state index >= 15 is 0 Å². The Hall–Kier alpha value is -2.85. The first-order chi connectivity index (χ1) is 12.1. The number of rotatable bonds is 6. The molecule has 1 heterocycles. The molecule has 4 nitrogen and oxygen atoms in total. The van der Waals surface area contributed by atoms with Crippen LogP contribution in [0.4, 0.5) is 0 Å². The molecule has 0 atom stereocenters. The predicted molar refractivity (Wildman–Crippen MR) is 99.6 cm³/mol. The van der Waals surface area contributed by atoms with Crippen LogP contribution in [-0.4, -0.2) is 9.67 Å². The van der Waals surface area contributed by atoms with Gasteiger partial charge in [-0.05, 0) is 24.1 Å². The standard InChI is InChI=1S/C21H22N2O2/c1-16-7-9-17(10-8-16)13-22-14-19-11-12-23(21(25)20(19)24)15-18-5-3-2-4-6-18/h2-12,22,24H,13-15H2,1H3. The summed E-state index contributed by atoms with van der Waals surface area (Å²) in [5, 5.41) is 13.5. The minimum absolute atomic E-state index is 0.185. The lowest BCUT2D eigenvalue weighted by atomic mass is 10.1. The second-order valence-corrected chi connectivity index (χ2v) is 6.20. The predicted octanol–water partition coefficient (Wildman–Crippen LogP) is 3.20. The molecule has 0 aliphatic heterocycles. The maximum absolute atomic E-state index is 12.3. The van der Waals surface area contributed by atoms with E-state index in [-0.39, 0.29) is 11.3 Å². The second kappa shape index (κ2) is 7.81. The van der Waals surface area contributed by atoms with Gasteiger partial charge in [0.2, 0.25) is 0 Å². The molecular formula is C21H22N2O2. The summed E-state index contributed by atoms with van der Waals surface area (Å²) in [6.07, 6.45) is 1.73. The lowest BCUT2D eigenvalue weighted by molar-refractivity contribution is 0.448. The van der Waals surface area contributed by atoms with E-state index in [0.29, 0.717) is 25.2 Å². The summed E-state index contributed by atoms with van der Waals surface area (Å²) in [6.45, 7) is 3.64. The summed E-state index contributed by atoms with van der Waals surface area (Å²) in [5.41, 5.74) is 3.67. The summed E-state index contributed by atoms with van der Waals surface area (Å²) in [7, 11) is 0. The second-order valence-electron chi connectivity index (χ2n) is 6.20. The van der Waals surface area contributed by atoms with Gasteiger partial charge >= 0.3 is 0 Å². The maximum atomic E-state index is 12.3. The summed E-state index contributed by atoms with van der Waals surface area (Å²) in [5.74, 6) is -0.185. The van der Waals surface area contributed by atoms with Crippen molar-refractivity contribution in [2.45, 2.75) is 26.6 Å². The van der Waals surface area contributed by atoms with Gasteiger partial charge in [-0.2, -0.15) is 0 Å². The highest BCUT2D eigenvalue weighted by atomic mass is 16.3. The van der Waals surface area contributed by atoms with E-state index in [1.54, 1.807) is 12.3 Å². The quantitative estimate of drug-likeness (QED) is 0.728. The lowest BCUT2D eigenvalue weighted by Crippen LogP contribution is -2.22. The molecule has 3 aromatic rings. The SMILES string of the molecule is Cc1ccc(CNCc2ccn(Cc3ccccc3)c(=O)c2O)cc1. The third-order valence-electron chi connectivity index (χ3n) is 4.18. The van der Waals surface area contributed by atoms with Gasteiger partial charge in [0.1, 0.15) is 0 Å². The minimum Gasteiger partial charge on any atom is -0.503 e. The van der Waals surface area contributed by atoms with Crippen LogP contribution in [0.2, 0.25) is 0 Å². The van der Waals surface area contributed by atoms with E-state index in [4.69, 9.17) is 0 Å². The molecule has 0 saturated heterocycles. The third kappa shape index (κ3) is 4.37. The molecule has 3 rings (SSSR count). The largest absolute Gasteiger partial charge is 0.503 e. The molecule has 2 N–H and O–H groups in total. The van der Waals surface area contributed by atoms with Gasteiger partial charge in [-0.15, -0.1) is 0 Å². The van der Waals surface area contributed by atoms with Crippen molar-refractivity contribution in [1.82, 2.24) is 9.88 Å². The average molecular weight is 334 g/mol. The van der Waals surface area contributed by atoms with Crippen LogP contribution >= 0.6 is 0 Å². The monoisotopic (exact) mass is 334 g/mol. The fraction of sp³-hybridized carbons (Fsp3) is 0.190. The zero-order valence-electron chi connectivity index (χ0n) is 14.3. The van der Waals surface area contributed by atoms with Gasteiger partial charge in [-0.3, -0.25) is 4.79 Å². The molecular weight excluding hydrogens is 312 g/mol. The van der Waals surface area contributed by atoms with Crippen LogP contribution in [0.5, 0.6) is 5.75 Å². The molecule has 0 aliphatic rings. The van der Waals surface area contributed by atoms with Crippen molar-refractivity contribution in [2.75, 3.05) is 0 Å². The molecule has 25 heavy (non-hydrogen) atoms. The van der Waals surface area contributed by atoms with Crippen molar-refractivity contribution in [3.05, 3.63) is 99.5 Å². The van der Waals surface area contributed by atoms with Crippen LogP contribution in [-0.2, 0) is 19.6 Å². The number of aryl methyl sites for hydroxylation is 1. The summed E-state index contributed by atoms with van der Waals surface area (Å²) >= 11 is 0. The molecule has 0 amide bonds.